The Kier molecular flexibility index (Phi) is 7.10. The first-order valence-corrected chi connectivity index (χ1v) is 13.4. The van der Waals surface area contributed by atoms with Crippen LogP contribution in [0.4, 0.5) is 5.82 Å². The lowest BCUT2D eigenvalue weighted by atomic mass is 9.98. The number of rotatable bonds is 8. The molecule has 1 saturated heterocycles. The number of carbonyl (C=O) groups is 1. The fourth-order valence-electron chi connectivity index (χ4n) is 5.00. The normalized spacial score (nSPS) is 14.5. The maximum Gasteiger partial charge on any atom is 0.256 e. The molecule has 8 heteroatoms. The van der Waals surface area contributed by atoms with E-state index in [1.165, 1.54) is 5.56 Å². The third-order valence-corrected chi connectivity index (χ3v) is 7.38. The Morgan fingerprint density at radius 1 is 1.03 bits per heavy atom. The highest BCUT2D eigenvalue weighted by Crippen LogP contribution is 2.25. The standard InChI is InChI=1S/C31H32N6O2/c1-36-15-13-23(14-16-36)20-39-26-10-7-24(8-11-26)31(38)33-30-18-28(34-35-30)25-9-12-27-29(17-25)37(21-32-27)19-22-5-3-2-4-6-22/h2-12,17-18,21,23H,13-16,19-20H2,1H3,(H2,33,34,35,38). The fraction of sp³-hybridized carbons (Fsp3) is 0.258. The molecule has 0 unspecified atom stereocenters. The zero-order valence-corrected chi connectivity index (χ0v) is 22.0. The van der Waals surface area contributed by atoms with E-state index >= 15 is 0 Å². The highest BCUT2D eigenvalue weighted by molar-refractivity contribution is 6.04. The van der Waals surface area contributed by atoms with Crippen LogP contribution in [0.3, 0.4) is 0 Å². The van der Waals surface area contributed by atoms with Crippen LogP contribution in [-0.2, 0) is 6.54 Å². The average molecular weight is 521 g/mol. The Morgan fingerprint density at radius 3 is 2.62 bits per heavy atom. The molecule has 0 spiro atoms. The van der Waals surface area contributed by atoms with E-state index in [1.54, 1.807) is 12.1 Å². The van der Waals surface area contributed by atoms with Gasteiger partial charge in [-0.1, -0.05) is 36.4 Å². The Balaban J connectivity index is 1.09. The van der Waals surface area contributed by atoms with Gasteiger partial charge < -0.3 is 19.5 Å². The summed E-state index contributed by atoms with van der Waals surface area (Å²) in [4.78, 5) is 19.7. The van der Waals surface area contributed by atoms with Gasteiger partial charge in [0.15, 0.2) is 0 Å². The summed E-state index contributed by atoms with van der Waals surface area (Å²) in [5.74, 6) is 1.71. The monoisotopic (exact) mass is 520 g/mol. The van der Waals surface area contributed by atoms with Crippen molar-refractivity contribution in [3.63, 3.8) is 0 Å². The Morgan fingerprint density at radius 2 is 1.82 bits per heavy atom. The predicted octanol–water partition coefficient (Wildman–Crippen LogP) is 5.45. The van der Waals surface area contributed by atoms with Gasteiger partial charge in [-0.05, 0) is 80.9 Å². The molecule has 0 radical (unpaired) electrons. The number of fused-ring (bicyclic) bond motifs is 1. The van der Waals surface area contributed by atoms with E-state index in [-0.39, 0.29) is 5.91 Å². The van der Waals surface area contributed by atoms with Crippen molar-refractivity contribution in [3.05, 3.63) is 96.3 Å². The summed E-state index contributed by atoms with van der Waals surface area (Å²) in [6.45, 7) is 3.70. The second-order valence-corrected chi connectivity index (χ2v) is 10.3. The van der Waals surface area contributed by atoms with E-state index in [1.807, 2.05) is 54.9 Å². The molecule has 1 fully saturated rings. The quantitative estimate of drug-likeness (QED) is 0.284. The topological polar surface area (TPSA) is 88.1 Å². The number of H-pyrrole nitrogens is 1. The van der Waals surface area contributed by atoms with Crippen molar-refractivity contribution in [1.82, 2.24) is 24.6 Å². The van der Waals surface area contributed by atoms with Crippen LogP contribution < -0.4 is 10.1 Å². The molecular weight excluding hydrogens is 488 g/mol. The van der Waals surface area contributed by atoms with Crippen molar-refractivity contribution in [2.75, 3.05) is 32.1 Å². The largest absolute Gasteiger partial charge is 0.493 e. The maximum atomic E-state index is 12.8. The molecule has 1 amide bonds. The minimum atomic E-state index is -0.205. The van der Waals surface area contributed by atoms with Gasteiger partial charge in [-0.15, -0.1) is 0 Å². The predicted molar refractivity (Wildman–Crippen MR) is 153 cm³/mol. The van der Waals surface area contributed by atoms with Gasteiger partial charge in [0.1, 0.15) is 11.6 Å². The summed E-state index contributed by atoms with van der Waals surface area (Å²) in [6.07, 6.45) is 4.19. The summed E-state index contributed by atoms with van der Waals surface area (Å²) in [5.41, 5.74) is 5.42. The number of aromatic amines is 1. The number of carbonyl (C=O) groups excluding carboxylic acids is 1. The Labute approximate surface area is 227 Å². The SMILES string of the molecule is CN1CCC(COc2ccc(C(=O)Nc3cc(-c4ccc5ncn(Cc6ccccc6)c5c4)n[nH]3)cc2)CC1. The number of aromatic nitrogens is 4. The summed E-state index contributed by atoms with van der Waals surface area (Å²) >= 11 is 0. The van der Waals surface area contributed by atoms with Gasteiger partial charge >= 0.3 is 0 Å². The van der Waals surface area contributed by atoms with Crippen LogP contribution in [-0.4, -0.2) is 57.3 Å². The molecule has 1 aliphatic heterocycles. The molecule has 6 rings (SSSR count). The van der Waals surface area contributed by atoms with E-state index in [0.717, 1.165) is 67.1 Å². The van der Waals surface area contributed by atoms with Crippen LogP contribution in [0.25, 0.3) is 22.3 Å². The van der Waals surface area contributed by atoms with Crippen molar-refractivity contribution in [2.24, 2.45) is 5.92 Å². The molecule has 2 aromatic heterocycles. The van der Waals surface area contributed by atoms with Gasteiger partial charge in [-0.2, -0.15) is 5.10 Å². The van der Waals surface area contributed by atoms with Gasteiger partial charge in [0.05, 0.1) is 29.7 Å². The van der Waals surface area contributed by atoms with Crippen molar-refractivity contribution < 1.29 is 9.53 Å². The van der Waals surface area contributed by atoms with E-state index in [2.05, 4.69) is 55.2 Å². The molecule has 0 bridgehead atoms. The lowest BCUT2D eigenvalue weighted by Crippen LogP contribution is -2.32. The minimum absolute atomic E-state index is 0.205. The number of hydrogen-bond donors (Lipinski definition) is 2. The zero-order valence-electron chi connectivity index (χ0n) is 22.0. The molecule has 2 N–H and O–H groups in total. The number of piperidine rings is 1. The van der Waals surface area contributed by atoms with E-state index in [4.69, 9.17) is 4.74 Å². The maximum absolute atomic E-state index is 12.8. The number of ether oxygens (including phenoxy) is 1. The van der Waals surface area contributed by atoms with Crippen LogP contribution in [0.15, 0.2) is 85.2 Å². The van der Waals surface area contributed by atoms with Gasteiger partial charge in [0.25, 0.3) is 5.91 Å². The number of nitrogens with zero attached hydrogens (tertiary/aromatic N) is 4. The highest BCUT2D eigenvalue weighted by atomic mass is 16.5. The first-order valence-electron chi connectivity index (χ1n) is 13.4. The number of hydrogen-bond acceptors (Lipinski definition) is 5. The number of anilines is 1. The van der Waals surface area contributed by atoms with Crippen LogP contribution >= 0.6 is 0 Å². The lowest BCUT2D eigenvalue weighted by molar-refractivity contribution is 0.102. The van der Waals surface area contributed by atoms with Crippen LogP contribution in [0.1, 0.15) is 28.8 Å². The van der Waals surface area contributed by atoms with Gasteiger partial charge in [-0.25, -0.2) is 4.98 Å². The zero-order chi connectivity index (χ0) is 26.6. The number of imidazole rings is 1. The fourth-order valence-corrected chi connectivity index (χ4v) is 5.00. The molecule has 0 atom stereocenters. The third kappa shape index (κ3) is 5.86. The summed E-state index contributed by atoms with van der Waals surface area (Å²) in [6, 6.07) is 25.5. The molecule has 3 heterocycles. The first kappa shape index (κ1) is 24.9. The number of likely N-dealkylation sites (tertiary alicyclic amines) is 1. The van der Waals surface area contributed by atoms with Crippen LogP contribution in [0.2, 0.25) is 0 Å². The van der Waals surface area contributed by atoms with Gasteiger partial charge in [0, 0.05) is 23.7 Å². The molecule has 198 valence electrons. The van der Waals surface area contributed by atoms with E-state index < -0.39 is 0 Å². The lowest BCUT2D eigenvalue weighted by Gasteiger charge is -2.28. The molecule has 0 aliphatic carbocycles. The van der Waals surface area contributed by atoms with Crippen molar-refractivity contribution in [1.29, 1.82) is 0 Å². The summed E-state index contributed by atoms with van der Waals surface area (Å²) in [7, 11) is 2.16. The second kappa shape index (κ2) is 11.1. The van der Waals surface area contributed by atoms with E-state index in [0.29, 0.717) is 17.3 Å². The highest BCUT2D eigenvalue weighted by Gasteiger charge is 2.17. The van der Waals surface area contributed by atoms with E-state index in [9.17, 15) is 4.79 Å². The van der Waals surface area contributed by atoms with Crippen molar-refractivity contribution in [3.8, 4) is 17.0 Å². The van der Waals surface area contributed by atoms with Crippen molar-refractivity contribution in [2.45, 2.75) is 19.4 Å². The molecule has 0 saturated carbocycles. The molecule has 5 aromatic rings. The average Bonchev–Trinajstić information content (AvgIpc) is 3.60. The van der Waals surface area contributed by atoms with Crippen LogP contribution in [0.5, 0.6) is 5.75 Å². The number of amides is 1. The first-order chi connectivity index (χ1) is 19.1. The summed E-state index contributed by atoms with van der Waals surface area (Å²) < 4.78 is 8.11. The van der Waals surface area contributed by atoms with Gasteiger partial charge in [-0.3, -0.25) is 9.89 Å². The molecule has 8 nitrogen and oxygen atoms in total. The third-order valence-electron chi connectivity index (χ3n) is 7.38. The molecule has 39 heavy (non-hydrogen) atoms. The van der Waals surface area contributed by atoms with Crippen molar-refractivity contribution >= 4 is 22.8 Å². The number of benzene rings is 3. The number of nitrogens with one attached hydrogen (secondary N) is 2. The molecule has 1 aliphatic rings. The van der Waals surface area contributed by atoms with Crippen LogP contribution in [0, 0.1) is 5.92 Å². The Hall–Kier alpha value is -4.43. The summed E-state index contributed by atoms with van der Waals surface area (Å²) in [5, 5.41) is 10.3. The molecular formula is C31H32N6O2. The smallest absolute Gasteiger partial charge is 0.256 e. The van der Waals surface area contributed by atoms with Gasteiger partial charge in [0.2, 0.25) is 0 Å². The Bertz CT molecular complexity index is 1550. The minimum Gasteiger partial charge on any atom is -0.493 e. The second-order valence-electron chi connectivity index (χ2n) is 10.3. The molecule has 3 aromatic carbocycles.